The van der Waals surface area contributed by atoms with Crippen molar-refractivity contribution in [2.24, 2.45) is 0 Å². The summed E-state index contributed by atoms with van der Waals surface area (Å²) >= 11 is 0. The Labute approximate surface area is 358 Å². The van der Waals surface area contributed by atoms with Crippen molar-refractivity contribution in [2.75, 3.05) is 0 Å². The Balaban J connectivity index is 1.05. The normalized spacial score (nSPS) is 11.5. The standard InChI is InChI=1S/C57H37N5/c1-4-15-38(16-5-1)39-27-29-40(30-28-39)41-31-33-45(34-32-41)61-51-25-12-10-23-47(51)49-35-36-50-48-24-11-13-26-52(48)62(54(50)53(49)61)46-22-14-21-44(37-46)57-59-55(42-17-6-2-7-18-42)58-56(60-57)43-19-8-3-9-20-43/h1-37H. The lowest BCUT2D eigenvalue weighted by molar-refractivity contribution is 1.07. The fraction of sp³-hybridized carbons (Fsp3) is 0. The molecule has 0 aliphatic rings. The van der Waals surface area contributed by atoms with Crippen LogP contribution in [-0.2, 0) is 0 Å². The average Bonchev–Trinajstić information content (AvgIpc) is 3.88. The topological polar surface area (TPSA) is 48.5 Å². The molecular weight excluding hydrogens is 755 g/mol. The average molecular weight is 792 g/mol. The summed E-state index contributed by atoms with van der Waals surface area (Å²) in [6.45, 7) is 0. The molecule has 0 saturated carbocycles. The highest BCUT2D eigenvalue weighted by Gasteiger charge is 2.22. The number of nitrogens with zero attached hydrogens (tertiary/aromatic N) is 5. The van der Waals surface area contributed by atoms with Crippen LogP contribution < -0.4 is 0 Å². The van der Waals surface area contributed by atoms with E-state index in [0.717, 1.165) is 50.1 Å². The van der Waals surface area contributed by atoms with Crippen molar-refractivity contribution in [1.29, 1.82) is 0 Å². The van der Waals surface area contributed by atoms with Gasteiger partial charge in [-0.3, -0.25) is 0 Å². The van der Waals surface area contributed by atoms with Gasteiger partial charge in [0.1, 0.15) is 0 Å². The van der Waals surface area contributed by atoms with Gasteiger partial charge in [-0.25, -0.2) is 15.0 Å². The maximum absolute atomic E-state index is 5.09. The zero-order valence-electron chi connectivity index (χ0n) is 33.6. The molecule has 0 atom stereocenters. The minimum Gasteiger partial charge on any atom is -0.307 e. The van der Waals surface area contributed by atoms with E-state index in [2.05, 4.69) is 173 Å². The molecule has 5 heteroatoms. The first kappa shape index (κ1) is 35.5. The highest BCUT2D eigenvalue weighted by Crippen LogP contribution is 2.42. The van der Waals surface area contributed by atoms with Crippen LogP contribution in [0.2, 0.25) is 0 Å². The van der Waals surface area contributed by atoms with Gasteiger partial charge in [0.25, 0.3) is 0 Å². The molecule has 3 heterocycles. The predicted octanol–water partition coefficient (Wildman–Crippen LogP) is 14.4. The summed E-state index contributed by atoms with van der Waals surface area (Å²) in [7, 11) is 0. The molecule has 0 unspecified atom stereocenters. The molecule has 0 bridgehead atoms. The summed E-state index contributed by atoms with van der Waals surface area (Å²) in [5, 5.41) is 4.79. The second-order valence-electron chi connectivity index (χ2n) is 15.6. The molecule has 5 nitrogen and oxygen atoms in total. The smallest absolute Gasteiger partial charge is 0.164 e. The third-order valence-electron chi connectivity index (χ3n) is 12.0. The van der Waals surface area contributed by atoms with Crippen LogP contribution in [0.3, 0.4) is 0 Å². The second kappa shape index (κ2) is 14.7. The molecule has 0 N–H and O–H groups in total. The fourth-order valence-electron chi connectivity index (χ4n) is 9.05. The van der Waals surface area contributed by atoms with Gasteiger partial charge in [0.2, 0.25) is 0 Å². The zero-order valence-corrected chi connectivity index (χ0v) is 33.6. The number of hydrogen-bond donors (Lipinski definition) is 0. The second-order valence-corrected chi connectivity index (χ2v) is 15.6. The highest BCUT2D eigenvalue weighted by atomic mass is 15.1. The Morgan fingerprint density at radius 3 is 1.11 bits per heavy atom. The van der Waals surface area contributed by atoms with Crippen molar-refractivity contribution in [1.82, 2.24) is 24.1 Å². The minimum atomic E-state index is 0.620. The molecule has 0 amide bonds. The molecule has 3 aromatic heterocycles. The minimum absolute atomic E-state index is 0.620. The van der Waals surface area contributed by atoms with E-state index < -0.39 is 0 Å². The van der Waals surface area contributed by atoms with Crippen molar-refractivity contribution >= 4 is 43.6 Å². The Morgan fingerprint density at radius 1 is 0.242 bits per heavy atom. The van der Waals surface area contributed by atoms with Gasteiger partial charge < -0.3 is 9.13 Å². The number of para-hydroxylation sites is 2. The summed E-state index contributed by atoms with van der Waals surface area (Å²) in [5.74, 6) is 1.89. The number of aromatic nitrogens is 5. The fourth-order valence-corrected chi connectivity index (χ4v) is 9.05. The molecule has 0 aliphatic carbocycles. The Hall–Kier alpha value is -8.41. The van der Waals surface area contributed by atoms with Gasteiger partial charge in [-0.15, -0.1) is 0 Å². The number of rotatable bonds is 7. The van der Waals surface area contributed by atoms with Crippen molar-refractivity contribution < 1.29 is 0 Å². The molecule has 9 aromatic carbocycles. The van der Waals surface area contributed by atoms with Gasteiger partial charge in [-0.05, 0) is 58.7 Å². The van der Waals surface area contributed by atoms with E-state index in [9.17, 15) is 0 Å². The quantitative estimate of drug-likeness (QED) is 0.162. The molecule has 0 radical (unpaired) electrons. The van der Waals surface area contributed by atoms with E-state index in [1.54, 1.807) is 0 Å². The molecule has 12 rings (SSSR count). The summed E-state index contributed by atoms with van der Waals surface area (Å²) in [6, 6.07) is 79.4. The summed E-state index contributed by atoms with van der Waals surface area (Å²) < 4.78 is 4.87. The lowest BCUT2D eigenvalue weighted by Crippen LogP contribution is -2.01. The third kappa shape index (κ3) is 5.98. The molecule has 12 aromatic rings. The van der Waals surface area contributed by atoms with Gasteiger partial charge >= 0.3 is 0 Å². The van der Waals surface area contributed by atoms with Crippen molar-refractivity contribution in [3.05, 3.63) is 224 Å². The number of benzene rings is 9. The zero-order chi connectivity index (χ0) is 41.0. The van der Waals surface area contributed by atoms with E-state index in [-0.39, 0.29) is 0 Å². The van der Waals surface area contributed by atoms with Crippen LogP contribution >= 0.6 is 0 Å². The van der Waals surface area contributed by atoms with Crippen molar-refractivity contribution in [3.8, 4) is 67.8 Å². The van der Waals surface area contributed by atoms with Crippen LogP contribution in [0.1, 0.15) is 0 Å². The van der Waals surface area contributed by atoms with Crippen LogP contribution in [0, 0.1) is 0 Å². The van der Waals surface area contributed by atoms with Crippen LogP contribution in [0.5, 0.6) is 0 Å². The molecule has 0 aliphatic heterocycles. The third-order valence-corrected chi connectivity index (χ3v) is 12.0. The maximum atomic E-state index is 5.09. The maximum Gasteiger partial charge on any atom is 0.164 e. The first-order valence-electron chi connectivity index (χ1n) is 20.9. The van der Waals surface area contributed by atoms with Gasteiger partial charge in [0.05, 0.1) is 22.1 Å². The van der Waals surface area contributed by atoms with E-state index >= 15 is 0 Å². The Bertz CT molecular complexity index is 3530. The first-order valence-corrected chi connectivity index (χ1v) is 20.9. The van der Waals surface area contributed by atoms with E-state index in [1.165, 1.54) is 43.8 Å². The predicted molar refractivity (Wildman–Crippen MR) is 256 cm³/mol. The van der Waals surface area contributed by atoms with E-state index in [1.807, 2.05) is 60.7 Å². The Morgan fingerprint density at radius 2 is 0.613 bits per heavy atom. The first-order chi connectivity index (χ1) is 30.7. The van der Waals surface area contributed by atoms with Gasteiger partial charge in [-0.2, -0.15) is 0 Å². The lowest BCUT2D eigenvalue weighted by atomic mass is 10.0. The van der Waals surface area contributed by atoms with Gasteiger partial charge in [0, 0.05) is 49.6 Å². The molecule has 62 heavy (non-hydrogen) atoms. The van der Waals surface area contributed by atoms with Crippen LogP contribution in [0.25, 0.3) is 111 Å². The van der Waals surface area contributed by atoms with E-state index in [4.69, 9.17) is 15.0 Å². The monoisotopic (exact) mass is 791 g/mol. The van der Waals surface area contributed by atoms with Gasteiger partial charge in [-0.1, -0.05) is 188 Å². The molecule has 0 fully saturated rings. The SMILES string of the molecule is c1ccc(-c2ccc(-c3ccc(-n4c5ccccc5c5ccc6c7ccccc7n(-c7cccc(-c8nc(-c9ccccc9)nc(-c9ccccc9)n8)c7)c6c54)cc3)cc2)cc1. The van der Waals surface area contributed by atoms with Crippen LogP contribution in [0.15, 0.2) is 224 Å². The Kier molecular flexibility index (Phi) is 8.42. The number of hydrogen-bond acceptors (Lipinski definition) is 3. The molecular formula is C57H37N5. The molecule has 290 valence electrons. The highest BCUT2D eigenvalue weighted by molar-refractivity contribution is 6.23. The summed E-state index contributed by atoms with van der Waals surface area (Å²) in [4.78, 5) is 15.1. The van der Waals surface area contributed by atoms with Crippen molar-refractivity contribution in [3.63, 3.8) is 0 Å². The number of fused-ring (bicyclic) bond motifs is 7. The van der Waals surface area contributed by atoms with Crippen molar-refractivity contribution in [2.45, 2.75) is 0 Å². The van der Waals surface area contributed by atoms with Crippen LogP contribution in [-0.4, -0.2) is 24.1 Å². The largest absolute Gasteiger partial charge is 0.307 e. The summed E-state index contributed by atoms with van der Waals surface area (Å²) in [6.07, 6.45) is 0. The lowest BCUT2D eigenvalue weighted by Gasteiger charge is -2.14. The summed E-state index contributed by atoms with van der Waals surface area (Å²) in [5.41, 5.74) is 14.3. The van der Waals surface area contributed by atoms with Gasteiger partial charge in [0.15, 0.2) is 17.5 Å². The van der Waals surface area contributed by atoms with Crippen LogP contribution in [0.4, 0.5) is 0 Å². The molecule has 0 spiro atoms. The van der Waals surface area contributed by atoms with E-state index in [0.29, 0.717) is 17.5 Å². The molecule has 0 saturated heterocycles.